The molecule has 0 aliphatic heterocycles. The van der Waals surface area contributed by atoms with Gasteiger partial charge in [-0.05, 0) is 27.0 Å². The van der Waals surface area contributed by atoms with Gasteiger partial charge in [0.2, 0.25) is 10.0 Å². The molecule has 0 spiro atoms. The second kappa shape index (κ2) is 6.52. The van der Waals surface area contributed by atoms with E-state index in [1.54, 1.807) is 32.7 Å². The number of hydrogen-bond acceptors (Lipinski definition) is 4. The molecule has 0 saturated heterocycles. The molecule has 1 unspecified atom stereocenters. The quantitative estimate of drug-likeness (QED) is 0.754. The number of furan rings is 1. The van der Waals surface area contributed by atoms with Crippen molar-refractivity contribution >= 4 is 33.4 Å². The van der Waals surface area contributed by atoms with Crippen LogP contribution in [-0.4, -0.2) is 37.8 Å². The van der Waals surface area contributed by atoms with E-state index in [1.165, 1.54) is 4.31 Å². The van der Waals surface area contributed by atoms with Gasteiger partial charge in [0.1, 0.15) is 16.4 Å². The van der Waals surface area contributed by atoms with E-state index in [4.69, 9.17) is 16.0 Å². The first kappa shape index (κ1) is 16.9. The lowest BCUT2D eigenvalue weighted by Crippen LogP contribution is -2.37. The van der Waals surface area contributed by atoms with Crippen LogP contribution in [0.3, 0.4) is 0 Å². The summed E-state index contributed by atoms with van der Waals surface area (Å²) in [6.07, 6.45) is 1.95. The molecular formula is C12H20ClNO3S2. The maximum Gasteiger partial charge on any atom is 0.246 e. The summed E-state index contributed by atoms with van der Waals surface area (Å²) in [4.78, 5) is 0.218. The first-order valence-electron chi connectivity index (χ1n) is 5.89. The highest BCUT2D eigenvalue weighted by atomic mass is 35.5. The number of alkyl halides is 1. The van der Waals surface area contributed by atoms with Crippen LogP contribution in [0.1, 0.15) is 24.0 Å². The van der Waals surface area contributed by atoms with Gasteiger partial charge in [0.25, 0.3) is 0 Å². The summed E-state index contributed by atoms with van der Waals surface area (Å²) in [6.45, 7) is 5.27. The Hall–Kier alpha value is -0.170. The van der Waals surface area contributed by atoms with Crippen LogP contribution in [0.2, 0.25) is 0 Å². The van der Waals surface area contributed by atoms with Gasteiger partial charge in [-0.1, -0.05) is 0 Å². The largest absolute Gasteiger partial charge is 0.465 e. The summed E-state index contributed by atoms with van der Waals surface area (Å²) in [5, 5.41) is 0. The van der Waals surface area contributed by atoms with E-state index in [0.29, 0.717) is 17.1 Å². The van der Waals surface area contributed by atoms with Crippen LogP contribution in [0.15, 0.2) is 9.31 Å². The van der Waals surface area contributed by atoms with Crippen LogP contribution >= 0.6 is 23.4 Å². The molecule has 0 fully saturated rings. The number of rotatable bonds is 6. The lowest BCUT2D eigenvalue weighted by atomic mass is 10.3. The lowest BCUT2D eigenvalue weighted by molar-refractivity contribution is 0.412. The SMILES string of the molecule is CSCC(C)N(C)S(=O)(=O)c1c(C)oc(C)c1CCl. The van der Waals surface area contributed by atoms with Gasteiger partial charge < -0.3 is 4.42 Å². The van der Waals surface area contributed by atoms with E-state index in [1.807, 2.05) is 13.2 Å². The third kappa shape index (κ3) is 3.29. The first-order valence-corrected chi connectivity index (χ1v) is 9.26. The van der Waals surface area contributed by atoms with Crippen molar-refractivity contribution in [2.75, 3.05) is 19.1 Å². The maximum atomic E-state index is 12.7. The molecule has 0 aliphatic rings. The van der Waals surface area contributed by atoms with Crippen LogP contribution in [0.4, 0.5) is 0 Å². The summed E-state index contributed by atoms with van der Waals surface area (Å²) >= 11 is 7.47. The average Bonchev–Trinajstić information content (AvgIpc) is 2.63. The van der Waals surface area contributed by atoms with Gasteiger partial charge in [-0.3, -0.25) is 0 Å². The molecule has 0 bridgehead atoms. The van der Waals surface area contributed by atoms with E-state index in [-0.39, 0.29) is 16.8 Å². The van der Waals surface area contributed by atoms with Crippen molar-refractivity contribution < 1.29 is 12.8 Å². The van der Waals surface area contributed by atoms with Gasteiger partial charge in [-0.15, -0.1) is 11.6 Å². The Morgan fingerprint density at radius 2 is 1.95 bits per heavy atom. The molecule has 0 aromatic carbocycles. The summed E-state index contributed by atoms with van der Waals surface area (Å²) < 4.78 is 32.1. The smallest absolute Gasteiger partial charge is 0.246 e. The second-order valence-electron chi connectivity index (χ2n) is 4.48. The summed E-state index contributed by atoms with van der Waals surface area (Å²) in [6, 6.07) is -0.0854. The zero-order valence-corrected chi connectivity index (χ0v) is 14.2. The number of hydrogen-bond donors (Lipinski definition) is 0. The van der Waals surface area contributed by atoms with Gasteiger partial charge in [-0.2, -0.15) is 16.1 Å². The second-order valence-corrected chi connectivity index (χ2v) is 7.59. The molecule has 0 aliphatic carbocycles. The average molecular weight is 326 g/mol. The zero-order valence-electron chi connectivity index (χ0n) is 11.9. The molecule has 1 aromatic heterocycles. The molecule has 1 rings (SSSR count). The Labute approximate surface area is 124 Å². The van der Waals surface area contributed by atoms with Crippen molar-refractivity contribution in [3.63, 3.8) is 0 Å². The Balaban J connectivity index is 3.28. The van der Waals surface area contributed by atoms with Crippen molar-refractivity contribution in [1.82, 2.24) is 4.31 Å². The normalized spacial score (nSPS) is 14.1. The van der Waals surface area contributed by atoms with Crippen molar-refractivity contribution in [3.05, 3.63) is 17.1 Å². The van der Waals surface area contributed by atoms with E-state index >= 15 is 0 Å². The first-order chi connectivity index (χ1) is 8.77. The standard InChI is InChI=1S/C12H20ClNO3S2/c1-8(7-18-5)14(4)19(15,16)12-10(3)17-9(2)11(12)6-13/h8H,6-7H2,1-5H3. The summed E-state index contributed by atoms with van der Waals surface area (Å²) in [7, 11) is -1.98. The molecule has 19 heavy (non-hydrogen) atoms. The van der Waals surface area contributed by atoms with Gasteiger partial charge in [0.15, 0.2) is 0 Å². The molecule has 110 valence electrons. The minimum Gasteiger partial charge on any atom is -0.465 e. The third-order valence-electron chi connectivity index (χ3n) is 3.12. The van der Waals surface area contributed by atoms with Crippen molar-refractivity contribution in [1.29, 1.82) is 0 Å². The minimum atomic E-state index is -3.57. The van der Waals surface area contributed by atoms with Crippen LogP contribution in [-0.2, 0) is 15.9 Å². The van der Waals surface area contributed by atoms with Gasteiger partial charge in [-0.25, -0.2) is 8.42 Å². The molecule has 0 radical (unpaired) electrons. The van der Waals surface area contributed by atoms with Gasteiger partial charge in [0, 0.05) is 24.4 Å². The third-order valence-corrected chi connectivity index (χ3v) is 6.38. The van der Waals surface area contributed by atoms with Crippen molar-refractivity contribution in [2.45, 2.75) is 37.6 Å². The highest BCUT2D eigenvalue weighted by Crippen LogP contribution is 2.30. The van der Waals surface area contributed by atoms with E-state index in [2.05, 4.69) is 0 Å². The Morgan fingerprint density at radius 3 is 2.42 bits per heavy atom. The molecule has 0 saturated carbocycles. The van der Waals surface area contributed by atoms with E-state index in [9.17, 15) is 8.42 Å². The Bertz CT molecular complexity index is 539. The summed E-state index contributed by atoms with van der Waals surface area (Å²) in [5.74, 6) is 1.83. The monoisotopic (exact) mass is 325 g/mol. The predicted octanol–water partition coefficient (Wildman–Crippen LogP) is 3.01. The highest BCUT2D eigenvalue weighted by molar-refractivity contribution is 7.98. The number of sulfonamides is 1. The molecule has 0 N–H and O–H groups in total. The lowest BCUT2D eigenvalue weighted by Gasteiger charge is -2.23. The van der Waals surface area contributed by atoms with E-state index < -0.39 is 10.0 Å². The molecule has 7 heteroatoms. The fourth-order valence-electron chi connectivity index (χ4n) is 1.93. The number of aryl methyl sites for hydroxylation is 2. The van der Waals surface area contributed by atoms with Crippen molar-refractivity contribution in [3.8, 4) is 0 Å². The molecule has 1 aromatic rings. The van der Waals surface area contributed by atoms with Crippen LogP contribution in [0, 0.1) is 13.8 Å². The summed E-state index contributed by atoms with van der Waals surface area (Å²) in [5.41, 5.74) is 0.558. The highest BCUT2D eigenvalue weighted by Gasteiger charge is 2.32. The number of thioether (sulfide) groups is 1. The molecule has 4 nitrogen and oxygen atoms in total. The Morgan fingerprint density at radius 1 is 1.37 bits per heavy atom. The predicted molar refractivity (Wildman–Crippen MR) is 80.5 cm³/mol. The van der Waals surface area contributed by atoms with Gasteiger partial charge in [0.05, 0.1) is 5.88 Å². The fourth-order valence-corrected chi connectivity index (χ4v) is 4.90. The van der Waals surface area contributed by atoms with Crippen LogP contribution < -0.4 is 0 Å². The van der Waals surface area contributed by atoms with Crippen LogP contribution in [0.5, 0.6) is 0 Å². The van der Waals surface area contributed by atoms with Crippen LogP contribution in [0.25, 0.3) is 0 Å². The topological polar surface area (TPSA) is 50.5 Å². The van der Waals surface area contributed by atoms with E-state index in [0.717, 1.165) is 5.75 Å². The number of halogens is 1. The number of nitrogens with zero attached hydrogens (tertiary/aromatic N) is 1. The molecule has 1 atom stereocenters. The molecule has 1 heterocycles. The van der Waals surface area contributed by atoms with Crippen molar-refractivity contribution in [2.24, 2.45) is 0 Å². The maximum absolute atomic E-state index is 12.7. The van der Waals surface area contributed by atoms with Gasteiger partial charge >= 0.3 is 0 Å². The Kier molecular flexibility index (Phi) is 5.79. The fraction of sp³-hybridized carbons (Fsp3) is 0.667. The molecule has 0 amide bonds. The molecular weight excluding hydrogens is 306 g/mol. The minimum absolute atomic E-state index is 0.0854. The zero-order chi connectivity index (χ0) is 14.8.